The fraction of sp³-hybridized carbons (Fsp3) is 0.136. The summed E-state index contributed by atoms with van der Waals surface area (Å²) in [7, 11) is 0. The number of nitrogens with one attached hydrogen (secondary N) is 2. The van der Waals surface area contributed by atoms with Crippen molar-refractivity contribution >= 4 is 11.6 Å². The topological polar surface area (TPSA) is 77.8 Å². The van der Waals surface area contributed by atoms with Crippen LogP contribution in [0.3, 0.4) is 0 Å². The minimum Gasteiger partial charge on any atom is -0.322 e. The molecule has 0 saturated heterocycles. The van der Waals surface area contributed by atoms with Gasteiger partial charge in [-0.05, 0) is 42.4 Å². The predicted octanol–water partition coefficient (Wildman–Crippen LogP) is 3.98. The van der Waals surface area contributed by atoms with E-state index in [1.165, 1.54) is 0 Å². The number of carbonyl (C=O) groups excluding carboxylic acids is 1. The first kappa shape index (κ1) is 18.3. The molecule has 0 aliphatic carbocycles. The van der Waals surface area contributed by atoms with Crippen LogP contribution in [0.25, 0.3) is 11.3 Å². The number of nitriles is 1. The van der Waals surface area contributed by atoms with Crippen molar-refractivity contribution in [1.82, 2.24) is 10.3 Å². The van der Waals surface area contributed by atoms with Gasteiger partial charge in [-0.3, -0.25) is 9.78 Å². The Morgan fingerprint density at radius 1 is 1.11 bits per heavy atom. The Balaban J connectivity index is 1.79. The van der Waals surface area contributed by atoms with Crippen LogP contribution in [-0.4, -0.2) is 17.4 Å². The molecule has 3 aromatic rings. The quantitative estimate of drug-likeness (QED) is 0.700. The highest BCUT2D eigenvalue weighted by molar-refractivity contribution is 6.04. The molecule has 5 nitrogen and oxygen atoms in total. The molecule has 5 heteroatoms. The maximum atomic E-state index is 12.3. The van der Waals surface area contributed by atoms with Gasteiger partial charge in [-0.15, -0.1) is 0 Å². The second-order valence-corrected chi connectivity index (χ2v) is 6.03. The van der Waals surface area contributed by atoms with Gasteiger partial charge in [0.1, 0.15) is 6.07 Å². The van der Waals surface area contributed by atoms with Crippen molar-refractivity contribution in [3.63, 3.8) is 0 Å². The summed E-state index contributed by atoms with van der Waals surface area (Å²) in [5.41, 5.74) is 4.20. The molecule has 0 aliphatic rings. The zero-order valence-corrected chi connectivity index (χ0v) is 15.1. The summed E-state index contributed by atoms with van der Waals surface area (Å²) in [5.74, 6) is -0.179. The normalized spacial score (nSPS) is 10.2. The van der Waals surface area contributed by atoms with E-state index in [4.69, 9.17) is 0 Å². The third-order valence-electron chi connectivity index (χ3n) is 4.10. The van der Waals surface area contributed by atoms with E-state index >= 15 is 0 Å². The SMILES string of the molecule is CCNCc1cnc(-c2ccc(C(=O)Nc3ccccc3)cc2)c(C#N)c1. The highest BCUT2D eigenvalue weighted by Gasteiger charge is 2.10. The molecule has 0 aliphatic heterocycles. The molecule has 0 unspecified atom stereocenters. The van der Waals surface area contributed by atoms with Gasteiger partial charge in [0.05, 0.1) is 11.3 Å². The van der Waals surface area contributed by atoms with Crippen molar-refractivity contribution in [1.29, 1.82) is 5.26 Å². The van der Waals surface area contributed by atoms with E-state index in [0.29, 0.717) is 23.4 Å². The van der Waals surface area contributed by atoms with Crippen LogP contribution in [-0.2, 0) is 6.54 Å². The van der Waals surface area contributed by atoms with E-state index in [9.17, 15) is 10.1 Å². The van der Waals surface area contributed by atoms with Crippen LogP contribution in [0.5, 0.6) is 0 Å². The number of aromatic nitrogens is 1. The Hall–Kier alpha value is -3.49. The van der Waals surface area contributed by atoms with E-state index in [2.05, 4.69) is 21.7 Å². The number of anilines is 1. The smallest absolute Gasteiger partial charge is 0.255 e. The van der Waals surface area contributed by atoms with E-state index in [1.54, 1.807) is 18.3 Å². The molecule has 0 saturated carbocycles. The lowest BCUT2D eigenvalue weighted by molar-refractivity contribution is 0.102. The monoisotopic (exact) mass is 356 g/mol. The maximum Gasteiger partial charge on any atom is 0.255 e. The Labute approximate surface area is 158 Å². The highest BCUT2D eigenvalue weighted by Crippen LogP contribution is 2.22. The average molecular weight is 356 g/mol. The van der Waals surface area contributed by atoms with Crippen molar-refractivity contribution < 1.29 is 4.79 Å². The Bertz CT molecular complexity index is 960. The summed E-state index contributed by atoms with van der Waals surface area (Å²) >= 11 is 0. The van der Waals surface area contributed by atoms with Gasteiger partial charge in [-0.2, -0.15) is 5.26 Å². The third-order valence-corrected chi connectivity index (χ3v) is 4.10. The predicted molar refractivity (Wildman–Crippen MR) is 106 cm³/mol. The van der Waals surface area contributed by atoms with Crippen LogP contribution in [0.1, 0.15) is 28.4 Å². The van der Waals surface area contributed by atoms with Crippen molar-refractivity contribution in [3.8, 4) is 17.3 Å². The van der Waals surface area contributed by atoms with Crippen LogP contribution in [0.4, 0.5) is 5.69 Å². The zero-order valence-electron chi connectivity index (χ0n) is 15.1. The molecule has 1 heterocycles. The summed E-state index contributed by atoms with van der Waals surface area (Å²) in [5, 5.41) is 15.5. The van der Waals surface area contributed by atoms with Gasteiger partial charge >= 0.3 is 0 Å². The van der Waals surface area contributed by atoms with E-state index in [-0.39, 0.29) is 5.91 Å². The molecule has 0 atom stereocenters. The summed E-state index contributed by atoms with van der Waals surface area (Å²) < 4.78 is 0. The van der Waals surface area contributed by atoms with Crippen molar-refractivity contribution in [2.45, 2.75) is 13.5 Å². The Kier molecular flexibility index (Phi) is 5.93. The molecule has 0 spiro atoms. The molecule has 1 amide bonds. The van der Waals surface area contributed by atoms with Crippen LogP contribution in [0, 0.1) is 11.3 Å². The van der Waals surface area contributed by atoms with Gasteiger partial charge in [-0.1, -0.05) is 37.3 Å². The zero-order chi connectivity index (χ0) is 19.1. The van der Waals surface area contributed by atoms with E-state index in [1.807, 2.05) is 55.5 Å². The lowest BCUT2D eigenvalue weighted by Gasteiger charge is -2.08. The van der Waals surface area contributed by atoms with Crippen LogP contribution in [0.15, 0.2) is 66.9 Å². The van der Waals surface area contributed by atoms with E-state index in [0.717, 1.165) is 23.4 Å². The van der Waals surface area contributed by atoms with E-state index < -0.39 is 0 Å². The lowest BCUT2D eigenvalue weighted by Crippen LogP contribution is -2.12. The van der Waals surface area contributed by atoms with Gasteiger partial charge in [0.25, 0.3) is 5.91 Å². The fourth-order valence-corrected chi connectivity index (χ4v) is 2.69. The summed E-state index contributed by atoms with van der Waals surface area (Å²) in [4.78, 5) is 16.8. The second kappa shape index (κ2) is 8.75. The minimum atomic E-state index is -0.179. The summed E-state index contributed by atoms with van der Waals surface area (Å²) in [6.07, 6.45) is 1.77. The average Bonchev–Trinajstić information content (AvgIpc) is 2.73. The molecule has 3 rings (SSSR count). The minimum absolute atomic E-state index is 0.179. The number of nitrogens with zero attached hydrogens (tertiary/aromatic N) is 2. The first-order valence-electron chi connectivity index (χ1n) is 8.78. The van der Waals surface area contributed by atoms with Crippen LogP contribution in [0.2, 0.25) is 0 Å². The molecule has 1 aromatic heterocycles. The van der Waals surface area contributed by atoms with Gasteiger partial charge < -0.3 is 10.6 Å². The highest BCUT2D eigenvalue weighted by atomic mass is 16.1. The molecule has 27 heavy (non-hydrogen) atoms. The number of amides is 1. The largest absolute Gasteiger partial charge is 0.322 e. The second-order valence-electron chi connectivity index (χ2n) is 6.03. The maximum absolute atomic E-state index is 12.3. The number of pyridine rings is 1. The number of para-hydroxylation sites is 1. The summed E-state index contributed by atoms with van der Waals surface area (Å²) in [6, 6.07) is 20.5. The Morgan fingerprint density at radius 2 is 1.85 bits per heavy atom. The van der Waals surface area contributed by atoms with Crippen molar-refractivity contribution in [2.24, 2.45) is 0 Å². The fourth-order valence-electron chi connectivity index (χ4n) is 2.69. The molecule has 2 aromatic carbocycles. The van der Waals surface area contributed by atoms with Gasteiger partial charge in [0.15, 0.2) is 0 Å². The molecule has 0 radical (unpaired) electrons. The summed E-state index contributed by atoms with van der Waals surface area (Å²) in [6.45, 7) is 3.57. The number of benzene rings is 2. The van der Waals surface area contributed by atoms with Gasteiger partial charge in [-0.25, -0.2) is 0 Å². The molecule has 134 valence electrons. The Morgan fingerprint density at radius 3 is 2.52 bits per heavy atom. The van der Waals surface area contributed by atoms with Crippen molar-refractivity contribution in [3.05, 3.63) is 83.6 Å². The first-order chi connectivity index (χ1) is 13.2. The number of rotatable bonds is 6. The third kappa shape index (κ3) is 4.57. The molecular weight excluding hydrogens is 336 g/mol. The van der Waals surface area contributed by atoms with Gasteiger partial charge in [0.2, 0.25) is 0 Å². The standard InChI is InChI=1S/C22H20N4O/c1-2-24-14-16-12-19(13-23)21(25-15-16)17-8-10-18(11-9-17)22(27)26-20-6-4-3-5-7-20/h3-12,15,24H,2,14H2,1H3,(H,26,27). The molecular formula is C22H20N4O. The number of hydrogen-bond acceptors (Lipinski definition) is 4. The number of hydrogen-bond donors (Lipinski definition) is 2. The van der Waals surface area contributed by atoms with Crippen molar-refractivity contribution in [2.75, 3.05) is 11.9 Å². The molecule has 2 N–H and O–H groups in total. The molecule has 0 bridgehead atoms. The van der Waals surface area contributed by atoms with Crippen LogP contribution >= 0.6 is 0 Å². The van der Waals surface area contributed by atoms with Gasteiger partial charge in [0, 0.05) is 29.6 Å². The molecule has 0 fully saturated rings. The first-order valence-corrected chi connectivity index (χ1v) is 8.78. The number of carbonyl (C=O) groups is 1. The van der Waals surface area contributed by atoms with Crippen LogP contribution < -0.4 is 10.6 Å². The lowest BCUT2D eigenvalue weighted by atomic mass is 10.0.